The van der Waals surface area contributed by atoms with E-state index >= 15 is 0 Å². The van der Waals surface area contributed by atoms with Gasteiger partial charge in [-0.1, -0.05) is 46.6 Å². The smallest absolute Gasteiger partial charge is 0.359 e. The first kappa shape index (κ1) is 14.5. The molecule has 0 aromatic heterocycles. The molecule has 0 saturated carbocycles. The van der Waals surface area contributed by atoms with Crippen molar-refractivity contribution in [3.05, 3.63) is 46.6 Å². The predicted octanol–water partition coefficient (Wildman–Crippen LogP) is 4.27. The van der Waals surface area contributed by atoms with E-state index in [1.165, 1.54) is 22.3 Å². The van der Waals surface area contributed by atoms with Gasteiger partial charge in [-0.2, -0.15) is 0 Å². The minimum absolute atomic E-state index is 0.290. The van der Waals surface area contributed by atoms with E-state index in [1.54, 1.807) is 14.2 Å². The average Bonchev–Trinajstić information content (AvgIpc) is 2.88. The van der Waals surface area contributed by atoms with E-state index in [0.717, 1.165) is 0 Å². The van der Waals surface area contributed by atoms with Crippen molar-refractivity contribution in [1.82, 2.24) is 0 Å². The van der Waals surface area contributed by atoms with Crippen molar-refractivity contribution < 1.29 is 8.85 Å². The summed E-state index contributed by atoms with van der Waals surface area (Å²) < 4.78 is 12.0. The zero-order valence-electron chi connectivity index (χ0n) is 12.8. The molecule has 0 aromatic rings. The topological polar surface area (TPSA) is 18.5 Å². The Bertz CT molecular complexity index is 415. The van der Waals surface area contributed by atoms with Crippen molar-refractivity contribution in [3.63, 3.8) is 0 Å². The molecule has 2 aliphatic rings. The Morgan fingerprint density at radius 2 is 0.947 bits per heavy atom. The number of allylic oxidation sites excluding steroid dienone is 8. The van der Waals surface area contributed by atoms with Gasteiger partial charge >= 0.3 is 8.56 Å². The van der Waals surface area contributed by atoms with E-state index in [1.807, 2.05) is 0 Å². The fourth-order valence-electron chi connectivity index (χ4n) is 3.01. The first-order valence-electron chi connectivity index (χ1n) is 6.79. The van der Waals surface area contributed by atoms with E-state index < -0.39 is 8.56 Å². The van der Waals surface area contributed by atoms with Crippen molar-refractivity contribution in [1.29, 1.82) is 0 Å². The lowest BCUT2D eigenvalue weighted by molar-refractivity contribution is 0.236. The van der Waals surface area contributed by atoms with Crippen LogP contribution in [-0.2, 0) is 8.85 Å². The van der Waals surface area contributed by atoms with Gasteiger partial charge in [-0.05, 0) is 27.7 Å². The van der Waals surface area contributed by atoms with Gasteiger partial charge in [0, 0.05) is 25.3 Å². The molecular weight excluding hydrogens is 252 g/mol. The zero-order valence-corrected chi connectivity index (χ0v) is 13.8. The minimum Gasteiger partial charge on any atom is -0.397 e. The highest BCUT2D eigenvalue weighted by atomic mass is 28.4. The number of hydrogen-bond donors (Lipinski definition) is 0. The zero-order chi connectivity index (χ0) is 14.2. The highest BCUT2D eigenvalue weighted by molar-refractivity contribution is 6.72. The molecule has 2 nitrogen and oxygen atoms in total. The third-order valence-electron chi connectivity index (χ3n) is 4.53. The van der Waals surface area contributed by atoms with E-state index in [0.29, 0.717) is 11.1 Å². The normalized spacial score (nSPS) is 21.4. The Balaban J connectivity index is 2.41. The Kier molecular flexibility index (Phi) is 3.99. The van der Waals surface area contributed by atoms with Crippen LogP contribution in [0.5, 0.6) is 0 Å². The fraction of sp³-hybridized carbons (Fsp3) is 0.500. The van der Waals surface area contributed by atoms with Gasteiger partial charge in [-0.15, -0.1) is 0 Å². The maximum Gasteiger partial charge on any atom is 0.359 e. The molecule has 2 aliphatic carbocycles. The minimum atomic E-state index is -2.35. The van der Waals surface area contributed by atoms with Gasteiger partial charge in [0.1, 0.15) is 0 Å². The van der Waals surface area contributed by atoms with Crippen LogP contribution in [0.4, 0.5) is 0 Å². The summed E-state index contributed by atoms with van der Waals surface area (Å²) in [6.07, 6.45) is 9.22. The molecular formula is C16H24O2Si. The number of hydrogen-bond acceptors (Lipinski definition) is 2. The maximum atomic E-state index is 5.99. The van der Waals surface area contributed by atoms with Crippen LogP contribution in [0.2, 0.25) is 11.1 Å². The fourth-order valence-corrected chi connectivity index (χ4v) is 6.64. The lowest BCUT2D eigenvalue weighted by Gasteiger charge is -2.34. The largest absolute Gasteiger partial charge is 0.397 e. The summed E-state index contributed by atoms with van der Waals surface area (Å²) in [6.45, 7) is 8.64. The molecule has 0 radical (unpaired) electrons. The van der Waals surface area contributed by atoms with E-state index in [-0.39, 0.29) is 0 Å². The third-order valence-corrected chi connectivity index (χ3v) is 8.33. The van der Waals surface area contributed by atoms with Crippen LogP contribution in [0.1, 0.15) is 27.7 Å². The summed E-state index contributed by atoms with van der Waals surface area (Å²) in [5.74, 6) is 0. The van der Waals surface area contributed by atoms with Gasteiger partial charge in [0.05, 0.1) is 0 Å². The molecule has 2 rings (SSSR count). The summed E-state index contributed by atoms with van der Waals surface area (Å²) in [5.41, 5.74) is 5.95. The molecule has 0 aliphatic heterocycles. The molecule has 0 N–H and O–H groups in total. The molecule has 104 valence electrons. The van der Waals surface area contributed by atoms with Crippen molar-refractivity contribution in [3.8, 4) is 0 Å². The summed E-state index contributed by atoms with van der Waals surface area (Å²) in [5, 5.41) is 0. The molecule has 3 heteroatoms. The molecule has 0 unspecified atom stereocenters. The first-order chi connectivity index (χ1) is 8.94. The van der Waals surface area contributed by atoms with Crippen LogP contribution < -0.4 is 0 Å². The standard InChI is InChI=1S/C16H24O2Si/c1-11-7-15(8-12(11)2)19(17-5,18-6)16-9-13(3)14(4)10-16/h7-10,15-16H,1-6H3. The lowest BCUT2D eigenvalue weighted by atomic mass is 10.2. The summed E-state index contributed by atoms with van der Waals surface area (Å²) in [6, 6.07) is 0. The van der Waals surface area contributed by atoms with Crippen LogP contribution >= 0.6 is 0 Å². The summed E-state index contributed by atoms with van der Waals surface area (Å²) in [7, 11) is 1.24. The Labute approximate surface area is 117 Å². The monoisotopic (exact) mass is 276 g/mol. The quantitative estimate of drug-likeness (QED) is 0.714. The van der Waals surface area contributed by atoms with E-state index in [9.17, 15) is 0 Å². The maximum absolute atomic E-state index is 5.99. The molecule has 0 heterocycles. The molecule has 0 bridgehead atoms. The molecule has 0 atom stereocenters. The van der Waals surface area contributed by atoms with Gasteiger partial charge in [0.25, 0.3) is 0 Å². The van der Waals surface area contributed by atoms with Crippen molar-refractivity contribution in [2.45, 2.75) is 38.8 Å². The Morgan fingerprint density at radius 1 is 0.684 bits per heavy atom. The predicted molar refractivity (Wildman–Crippen MR) is 82.3 cm³/mol. The molecule has 0 fully saturated rings. The number of rotatable bonds is 4. The summed E-state index contributed by atoms with van der Waals surface area (Å²) in [4.78, 5) is 0. The average molecular weight is 276 g/mol. The van der Waals surface area contributed by atoms with Crippen LogP contribution in [0.25, 0.3) is 0 Å². The molecule has 0 spiro atoms. The second-order valence-corrected chi connectivity index (χ2v) is 9.17. The third kappa shape index (κ3) is 2.31. The molecule has 0 saturated heterocycles. The summed E-state index contributed by atoms with van der Waals surface area (Å²) >= 11 is 0. The van der Waals surface area contributed by atoms with Crippen LogP contribution in [0.15, 0.2) is 46.6 Å². The van der Waals surface area contributed by atoms with Crippen molar-refractivity contribution in [2.75, 3.05) is 14.2 Å². The highest BCUT2D eigenvalue weighted by Crippen LogP contribution is 2.46. The van der Waals surface area contributed by atoms with Gasteiger partial charge in [-0.25, -0.2) is 0 Å². The second-order valence-electron chi connectivity index (χ2n) is 5.58. The van der Waals surface area contributed by atoms with Gasteiger partial charge < -0.3 is 8.85 Å². The van der Waals surface area contributed by atoms with E-state index in [4.69, 9.17) is 8.85 Å². The SMILES string of the molecule is CO[Si](OC)(C1C=C(C)C(C)=C1)C1C=C(C)C(C)=C1. The molecule has 19 heavy (non-hydrogen) atoms. The Hall–Kier alpha value is -0.903. The lowest BCUT2D eigenvalue weighted by Crippen LogP contribution is -2.47. The van der Waals surface area contributed by atoms with Gasteiger partial charge in [-0.3, -0.25) is 0 Å². The van der Waals surface area contributed by atoms with Gasteiger partial charge in [0.15, 0.2) is 0 Å². The first-order valence-corrected chi connectivity index (χ1v) is 8.76. The van der Waals surface area contributed by atoms with Crippen LogP contribution in [-0.4, -0.2) is 22.8 Å². The highest BCUT2D eigenvalue weighted by Gasteiger charge is 2.50. The second kappa shape index (κ2) is 5.23. The Morgan fingerprint density at radius 3 is 1.16 bits per heavy atom. The van der Waals surface area contributed by atoms with Crippen LogP contribution in [0, 0.1) is 0 Å². The van der Waals surface area contributed by atoms with Crippen LogP contribution in [0.3, 0.4) is 0 Å². The van der Waals surface area contributed by atoms with Crippen molar-refractivity contribution >= 4 is 8.56 Å². The van der Waals surface area contributed by atoms with Gasteiger partial charge in [0.2, 0.25) is 0 Å². The molecule has 0 aromatic carbocycles. The van der Waals surface area contributed by atoms with E-state index in [2.05, 4.69) is 52.0 Å². The molecule has 0 amide bonds. The van der Waals surface area contributed by atoms with Crippen molar-refractivity contribution in [2.24, 2.45) is 0 Å².